The predicted octanol–water partition coefficient (Wildman–Crippen LogP) is 1.37. The molecule has 1 nitrogen and oxygen atoms in total. The third kappa shape index (κ3) is 3.54. The summed E-state index contributed by atoms with van der Waals surface area (Å²) >= 11 is 0. The lowest BCUT2D eigenvalue weighted by Gasteiger charge is -1.86. The second-order valence-corrected chi connectivity index (χ2v) is 0.827. The minimum atomic E-state index is 0.728. The lowest BCUT2D eigenvalue weighted by atomic mass is 10.7. The van der Waals surface area contributed by atoms with E-state index in [-0.39, 0.29) is 0 Å². The Morgan fingerprint density at radius 1 is 1.83 bits per heavy atom. The molecule has 0 aliphatic heterocycles. The fourth-order valence-corrected chi connectivity index (χ4v) is 0.164. The van der Waals surface area contributed by atoms with Crippen molar-refractivity contribution >= 4 is 0 Å². The fraction of sp³-hybridized carbons (Fsp3) is 0.400. The summed E-state index contributed by atoms with van der Waals surface area (Å²) in [6, 6.07) is 0. The van der Waals surface area contributed by atoms with Gasteiger partial charge in [-0.2, -0.15) is 0 Å². The zero-order valence-electron chi connectivity index (χ0n) is 3.98. The molecular weight excluding hydrogens is 76.1 g/mol. The molecule has 1 radical (unpaired) electrons. The first-order valence-corrected chi connectivity index (χ1v) is 1.97. The zero-order valence-corrected chi connectivity index (χ0v) is 3.98. The van der Waals surface area contributed by atoms with Crippen LogP contribution in [0.25, 0.3) is 0 Å². The average Bonchev–Trinajstić information content (AvgIpc) is 1.61. The van der Waals surface area contributed by atoms with Crippen molar-refractivity contribution < 1.29 is 4.74 Å². The molecule has 0 bridgehead atoms. The van der Waals surface area contributed by atoms with Gasteiger partial charge in [0.25, 0.3) is 0 Å². The molecule has 0 spiro atoms. The Morgan fingerprint density at radius 3 is 2.67 bits per heavy atom. The largest absolute Gasteiger partial charge is 0.502 e. The summed E-state index contributed by atoms with van der Waals surface area (Å²) in [6.45, 7) is 6.08. The first-order chi connectivity index (χ1) is 2.91. The van der Waals surface area contributed by atoms with Gasteiger partial charge in [-0.05, 0) is 19.9 Å². The molecule has 0 fully saturated rings. The number of allylic oxidation sites excluding steroid dienone is 1. The van der Waals surface area contributed by atoms with Gasteiger partial charge in [-0.1, -0.05) is 0 Å². The molecule has 0 heterocycles. The molecule has 6 heavy (non-hydrogen) atoms. The lowest BCUT2D eigenvalue weighted by Crippen LogP contribution is -1.73. The van der Waals surface area contributed by atoms with Crippen molar-refractivity contribution in [1.29, 1.82) is 0 Å². The Kier molecular flexibility index (Phi) is 4.19. The summed E-state index contributed by atoms with van der Waals surface area (Å²) in [6.07, 6.45) is 3.18. The highest BCUT2D eigenvalue weighted by molar-refractivity contribution is 4.74. The van der Waals surface area contributed by atoms with Gasteiger partial charge in [0.2, 0.25) is 0 Å². The van der Waals surface area contributed by atoms with Crippen molar-refractivity contribution in [2.75, 3.05) is 6.61 Å². The highest BCUT2D eigenvalue weighted by atomic mass is 16.5. The van der Waals surface area contributed by atoms with E-state index in [0.29, 0.717) is 0 Å². The maximum atomic E-state index is 4.74. The number of ether oxygens (including phenoxy) is 1. The SMILES string of the molecule is [CH2]/C=C/OCC. The van der Waals surface area contributed by atoms with Crippen LogP contribution in [0.3, 0.4) is 0 Å². The van der Waals surface area contributed by atoms with Gasteiger partial charge in [0.15, 0.2) is 0 Å². The normalized spacial score (nSPS) is 9.67. The van der Waals surface area contributed by atoms with E-state index in [1.165, 1.54) is 0 Å². The van der Waals surface area contributed by atoms with Crippen LogP contribution >= 0.6 is 0 Å². The monoisotopic (exact) mass is 85.1 g/mol. The molecule has 1 heteroatoms. The maximum Gasteiger partial charge on any atom is 0.0845 e. The molecule has 0 amide bonds. The van der Waals surface area contributed by atoms with E-state index in [1.807, 2.05) is 6.92 Å². The third-order valence-electron chi connectivity index (χ3n) is 0.359. The first kappa shape index (κ1) is 5.54. The summed E-state index contributed by atoms with van der Waals surface area (Å²) in [4.78, 5) is 0. The van der Waals surface area contributed by atoms with Crippen LogP contribution in [0.2, 0.25) is 0 Å². The van der Waals surface area contributed by atoms with Crippen LogP contribution in [0.15, 0.2) is 12.3 Å². The molecule has 0 aliphatic carbocycles. The summed E-state index contributed by atoms with van der Waals surface area (Å²) < 4.78 is 4.74. The molecular formula is C5H9O. The summed E-state index contributed by atoms with van der Waals surface area (Å²) in [7, 11) is 0. The molecule has 0 saturated carbocycles. The molecule has 0 saturated heterocycles. The molecule has 0 rings (SSSR count). The highest BCUT2D eigenvalue weighted by Crippen LogP contribution is 1.71. The van der Waals surface area contributed by atoms with Crippen molar-refractivity contribution in [2.24, 2.45) is 0 Å². The zero-order chi connectivity index (χ0) is 4.83. The van der Waals surface area contributed by atoms with Gasteiger partial charge in [-0.15, -0.1) is 0 Å². The molecule has 0 N–H and O–H groups in total. The second kappa shape index (κ2) is 4.54. The Balaban J connectivity index is 2.66. The Labute approximate surface area is 38.6 Å². The lowest BCUT2D eigenvalue weighted by molar-refractivity contribution is 0.269. The molecule has 0 aromatic rings. The Hall–Kier alpha value is -0.460. The van der Waals surface area contributed by atoms with Gasteiger partial charge >= 0.3 is 0 Å². The average molecular weight is 85.1 g/mol. The number of hydrogen-bond acceptors (Lipinski definition) is 1. The van der Waals surface area contributed by atoms with Crippen LogP contribution in [-0.2, 0) is 4.74 Å². The third-order valence-corrected chi connectivity index (χ3v) is 0.359. The minimum Gasteiger partial charge on any atom is -0.502 e. The Bertz CT molecular complexity index is 39.2. The van der Waals surface area contributed by atoms with Crippen LogP contribution in [0, 0.1) is 6.92 Å². The van der Waals surface area contributed by atoms with E-state index in [1.54, 1.807) is 12.3 Å². The van der Waals surface area contributed by atoms with Crippen LogP contribution in [-0.4, -0.2) is 6.61 Å². The van der Waals surface area contributed by atoms with Crippen LogP contribution in [0.1, 0.15) is 6.92 Å². The summed E-state index contributed by atoms with van der Waals surface area (Å²) in [5, 5.41) is 0. The van der Waals surface area contributed by atoms with Gasteiger partial charge < -0.3 is 4.74 Å². The standard InChI is InChI=1S/C5H9O/c1-3-5-6-4-2/h3,5H,1,4H2,2H3/b5-3+. The van der Waals surface area contributed by atoms with Crippen LogP contribution in [0.5, 0.6) is 0 Å². The number of hydrogen-bond donors (Lipinski definition) is 0. The van der Waals surface area contributed by atoms with Crippen molar-refractivity contribution in [2.45, 2.75) is 6.92 Å². The molecule has 0 aromatic carbocycles. The van der Waals surface area contributed by atoms with E-state index in [4.69, 9.17) is 4.74 Å². The molecule has 0 aromatic heterocycles. The van der Waals surface area contributed by atoms with Crippen molar-refractivity contribution in [1.82, 2.24) is 0 Å². The van der Waals surface area contributed by atoms with Gasteiger partial charge in [-0.25, -0.2) is 0 Å². The number of rotatable bonds is 2. The van der Waals surface area contributed by atoms with Crippen molar-refractivity contribution in [3.63, 3.8) is 0 Å². The van der Waals surface area contributed by atoms with Crippen LogP contribution < -0.4 is 0 Å². The van der Waals surface area contributed by atoms with Gasteiger partial charge in [0.05, 0.1) is 12.9 Å². The van der Waals surface area contributed by atoms with Crippen molar-refractivity contribution in [3.05, 3.63) is 19.3 Å². The molecule has 0 aliphatic rings. The topological polar surface area (TPSA) is 9.23 Å². The first-order valence-electron chi connectivity index (χ1n) is 1.97. The Morgan fingerprint density at radius 2 is 2.50 bits per heavy atom. The maximum absolute atomic E-state index is 4.74. The van der Waals surface area contributed by atoms with Gasteiger partial charge in [0, 0.05) is 0 Å². The smallest absolute Gasteiger partial charge is 0.0845 e. The van der Waals surface area contributed by atoms with E-state index in [2.05, 4.69) is 6.92 Å². The molecule has 0 unspecified atom stereocenters. The van der Waals surface area contributed by atoms with Gasteiger partial charge in [-0.3, -0.25) is 0 Å². The summed E-state index contributed by atoms with van der Waals surface area (Å²) in [5.74, 6) is 0. The van der Waals surface area contributed by atoms with E-state index < -0.39 is 0 Å². The van der Waals surface area contributed by atoms with E-state index in [9.17, 15) is 0 Å². The van der Waals surface area contributed by atoms with E-state index >= 15 is 0 Å². The molecule has 0 atom stereocenters. The van der Waals surface area contributed by atoms with E-state index in [0.717, 1.165) is 6.61 Å². The summed E-state index contributed by atoms with van der Waals surface area (Å²) in [5.41, 5.74) is 0. The quantitative estimate of drug-likeness (QED) is 0.460. The fourth-order valence-electron chi connectivity index (χ4n) is 0.164. The predicted molar refractivity (Wildman–Crippen MR) is 26.1 cm³/mol. The molecule has 35 valence electrons. The van der Waals surface area contributed by atoms with Crippen molar-refractivity contribution in [3.8, 4) is 0 Å². The van der Waals surface area contributed by atoms with Crippen LogP contribution in [0.4, 0.5) is 0 Å². The minimum absolute atomic E-state index is 0.728. The van der Waals surface area contributed by atoms with Gasteiger partial charge in [0.1, 0.15) is 0 Å². The second-order valence-electron chi connectivity index (χ2n) is 0.827. The highest BCUT2D eigenvalue weighted by Gasteiger charge is 1.60.